The predicted molar refractivity (Wildman–Crippen MR) is 68.3 cm³/mol. The lowest BCUT2D eigenvalue weighted by Gasteiger charge is -2.06. The van der Waals surface area contributed by atoms with E-state index in [9.17, 15) is 4.79 Å². The van der Waals surface area contributed by atoms with Gasteiger partial charge in [0.05, 0.1) is 18.6 Å². The second-order valence-corrected chi connectivity index (χ2v) is 5.15. The molecule has 0 bridgehead atoms. The number of nitrogens with one attached hydrogen (secondary N) is 1. The Morgan fingerprint density at radius 3 is 3.11 bits per heavy atom. The third-order valence-electron chi connectivity index (χ3n) is 2.82. The molecule has 1 amide bonds. The zero-order chi connectivity index (χ0) is 13.1. The van der Waals surface area contributed by atoms with E-state index in [0.717, 1.165) is 6.42 Å². The molecule has 0 aromatic carbocycles. The van der Waals surface area contributed by atoms with Crippen LogP contribution in [0.5, 0.6) is 0 Å². The van der Waals surface area contributed by atoms with E-state index >= 15 is 0 Å². The summed E-state index contributed by atoms with van der Waals surface area (Å²) in [5.41, 5.74) is 0.985. The van der Waals surface area contributed by atoms with E-state index in [0.29, 0.717) is 23.1 Å². The molecule has 1 aliphatic heterocycles. The molecule has 0 radical (unpaired) electrons. The van der Waals surface area contributed by atoms with E-state index < -0.39 is 0 Å². The summed E-state index contributed by atoms with van der Waals surface area (Å²) >= 11 is 1.31. The van der Waals surface area contributed by atoms with Crippen LogP contribution in [0.25, 0.3) is 0 Å². The molecule has 0 saturated carbocycles. The van der Waals surface area contributed by atoms with Crippen LogP contribution in [-0.4, -0.2) is 34.5 Å². The van der Waals surface area contributed by atoms with Crippen molar-refractivity contribution in [1.29, 1.82) is 0 Å². The topological polar surface area (TPSA) is 83.8 Å². The number of ether oxygens (including phenoxy) is 1. The van der Waals surface area contributed by atoms with Gasteiger partial charge in [-0.25, -0.2) is 4.98 Å². The summed E-state index contributed by atoms with van der Waals surface area (Å²) in [6, 6.07) is 0. The zero-order valence-electron chi connectivity index (χ0n) is 10.2. The Morgan fingerprint density at radius 2 is 2.50 bits per heavy atom. The fraction of sp³-hybridized carbons (Fsp3) is 0.545. The minimum absolute atomic E-state index is 0.0705. The van der Waals surface area contributed by atoms with Crippen LogP contribution in [0.3, 0.4) is 0 Å². The lowest BCUT2D eigenvalue weighted by Crippen LogP contribution is -2.23. The normalized spacial score (nSPS) is 24.2. The zero-order valence-corrected chi connectivity index (χ0v) is 11.0. The van der Waals surface area contributed by atoms with Crippen molar-refractivity contribution in [2.45, 2.75) is 26.4 Å². The van der Waals surface area contributed by atoms with E-state index in [2.05, 4.69) is 15.5 Å². The van der Waals surface area contributed by atoms with Gasteiger partial charge in [-0.2, -0.15) is 0 Å². The largest absolute Gasteiger partial charge is 0.411 e. The number of hydrogen-bond acceptors (Lipinski definition) is 6. The summed E-state index contributed by atoms with van der Waals surface area (Å²) in [7, 11) is 0. The van der Waals surface area contributed by atoms with Crippen LogP contribution in [-0.2, 0) is 9.53 Å². The average Bonchev–Trinajstić information content (AvgIpc) is 2.97. The highest BCUT2D eigenvalue weighted by atomic mass is 32.1. The SMILES string of the molecule is CC(=NO)c1csc(NC(=O)C2COC(C)C2)n1. The average molecular weight is 269 g/mol. The number of aromatic nitrogens is 1. The van der Waals surface area contributed by atoms with Crippen LogP contribution in [0, 0.1) is 5.92 Å². The molecule has 2 atom stereocenters. The third kappa shape index (κ3) is 2.85. The van der Waals surface area contributed by atoms with Gasteiger partial charge in [0, 0.05) is 5.38 Å². The Balaban J connectivity index is 1.97. The fourth-order valence-corrected chi connectivity index (χ4v) is 2.51. The highest BCUT2D eigenvalue weighted by Crippen LogP contribution is 2.22. The molecule has 1 aliphatic rings. The van der Waals surface area contributed by atoms with Crippen molar-refractivity contribution in [2.75, 3.05) is 11.9 Å². The minimum Gasteiger partial charge on any atom is -0.411 e. The number of nitrogens with zero attached hydrogens (tertiary/aromatic N) is 2. The van der Waals surface area contributed by atoms with Crippen LogP contribution in [0.4, 0.5) is 5.13 Å². The molecule has 6 nitrogen and oxygen atoms in total. The first-order valence-corrected chi connectivity index (χ1v) is 6.55. The van der Waals surface area contributed by atoms with Crippen LogP contribution in [0.1, 0.15) is 26.0 Å². The van der Waals surface area contributed by atoms with Crippen molar-refractivity contribution >= 4 is 28.1 Å². The van der Waals surface area contributed by atoms with Gasteiger partial charge in [-0.1, -0.05) is 5.16 Å². The summed E-state index contributed by atoms with van der Waals surface area (Å²) in [4.78, 5) is 16.1. The fourth-order valence-electron chi connectivity index (χ4n) is 1.76. The molecule has 2 rings (SSSR count). The number of oxime groups is 1. The van der Waals surface area contributed by atoms with Gasteiger partial charge >= 0.3 is 0 Å². The van der Waals surface area contributed by atoms with E-state index in [1.165, 1.54) is 11.3 Å². The van der Waals surface area contributed by atoms with Crippen molar-refractivity contribution in [2.24, 2.45) is 11.1 Å². The molecule has 1 aromatic heterocycles. The van der Waals surface area contributed by atoms with Crippen LogP contribution in [0.2, 0.25) is 0 Å². The van der Waals surface area contributed by atoms with E-state index in [1.54, 1.807) is 12.3 Å². The van der Waals surface area contributed by atoms with Gasteiger partial charge < -0.3 is 15.3 Å². The van der Waals surface area contributed by atoms with Crippen molar-refractivity contribution in [3.63, 3.8) is 0 Å². The quantitative estimate of drug-likeness (QED) is 0.497. The minimum atomic E-state index is -0.111. The van der Waals surface area contributed by atoms with Crippen molar-refractivity contribution < 1.29 is 14.7 Å². The van der Waals surface area contributed by atoms with Crippen molar-refractivity contribution in [1.82, 2.24) is 4.98 Å². The summed E-state index contributed by atoms with van der Waals surface area (Å²) in [5, 5.41) is 16.7. The number of rotatable bonds is 3. The second kappa shape index (κ2) is 5.45. The summed E-state index contributed by atoms with van der Waals surface area (Å²) in [6.45, 7) is 4.06. The van der Waals surface area contributed by atoms with Gasteiger partial charge in [0.15, 0.2) is 5.13 Å². The first kappa shape index (κ1) is 13.0. The molecular formula is C11H15N3O3S. The Labute approximate surface area is 109 Å². The number of anilines is 1. The smallest absolute Gasteiger partial charge is 0.231 e. The van der Waals surface area contributed by atoms with Crippen molar-refractivity contribution in [3.05, 3.63) is 11.1 Å². The van der Waals surface area contributed by atoms with Crippen LogP contribution >= 0.6 is 11.3 Å². The molecular weight excluding hydrogens is 254 g/mol. The lowest BCUT2D eigenvalue weighted by molar-refractivity contribution is -0.119. The first-order valence-electron chi connectivity index (χ1n) is 5.67. The van der Waals surface area contributed by atoms with E-state index in [-0.39, 0.29) is 17.9 Å². The first-order chi connectivity index (χ1) is 8.60. The highest BCUT2D eigenvalue weighted by Gasteiger charge is 2.28. The van der Waals surface area contributed by atoms with E-state index in [1.807, 2.05) is 6.92 Å². The van der Waals surface area contributed by atoms with Crippen molar-refractivity contribution in [3.8, 4) is 0 Å². The monoisotopic (exact) mass is 269 g/mol. The molecule has 18 heavy (non-hydrogen) atoms. The number of thiazole rings is 1. The molecule has 2 heterocycles. The second-order valence-electron chi connectivity index (χ2n) is 4.29. The maximum atomic E-state index is 11.9. The Morgan fingerprint density at radius 1 is 1.72 bits per heavy atom. The van der Waals surface area contributed by atoms with Gasteiger partial charge in [0.2, 0.25) is 5.91 Å². The van der Waals surface area contributed by atoms with Gasteiger partial charge in [0.1, 0.15) is 11.4 Å². The van der Waals surface area contributed by atoms with Gasteiger partial charge in [-0.05, 0) is 20.3 Å². The molecule has 1 fully saturated rings. The van der Waals surface area contributed by atoms with Gasteiger partial charge in [-0.15, -0.1) is 11.3 Å². The van der Waals surface area contributed by atoms with Gasteiger partial charge in [0.25, 0.3) is 0 Å². The molecule has 1 saturated heterocycles. The lowest BCUT2D eigenvalue weighted by atomic mass is 10.1. The molecule has 7 heteroatoms. The molecule has 1 aromatic rings. The van der Waals surface area contributed by atoms with Gasteiger partial charge in [-0.3, -0.25) is 4.79 Å². The number of carbonyl (C=O) groups is 1. The predicted octanol–water partition coefficient (Wildman–Crippen LogP) is 1.70. The molecule has 0 aliphatic carbocycles. The maximum absolute atomic E-state index is 11.9. The van der Waals surface area contributed by atoms with Crippen LogP contribution in [0.15, 0.2) is 10.5 Å². The Bertz CT molecular complexity index is 472. The molecule has 0 spiro atoms. The number of amides is 1. The summed E-state index contributed by atoms with van der Waals surface area (Å²) < 4.78 is 5.36. The highest BCUT2D eigenvalue weighted by molar-refractivity contribution is 7.14. The summed E-state index contributed by atoms with van der Waals surface area (Å²) in [6.07, 6.45) is 0.873. The van der Waals surface area contributed by atoms with Crippen LogP contribution < -0.4 is 5.32 Å². The Hall–Kier alpha value is -1.47. The van der Waals surface area contributed by atoms with E-state index in [4.69, 9.17) is 9.94 Å². The molecule has 2 N–H and O–H groups in total. The molecule has 98 valence electrons. The Kier molecular flexibility index (Phi) is 3.93. The number of hydrogen-bond donors (Lipinski definition) is 2. The molecule has 2 unspecified atom stereocenters. The summed E-state index contributed by atoms with van der Waals surface area (Å²) in [5.74, 6) is -0.182. The standard InChI is InChI=1S/C11H15N3O3S/c1-6-3-8(4-17-6)10(15)13-11-12-9(5-18-11)7(2)14-16/h5-6,8,16H,3-4H2,1-2H3,(H,12,13,15). The number of carbonyl (C=O) groups excluding carboxylic acids is 1. The maximum Gasteiger partial charge on any atom is 0.231 e. The third-order valence-corrected chi connectivity index (χ3v) is 3.58.